The van der Waals surface area contributed by atoms with Gasteiger partial charge in [-0.15, -0.1) is 0 Å². The van der Waals surface area contributed by atoms with Gasteiger partial charge in [-0.3, -0.25) is 4.79 Å². The van der Waals surface area contributed by atoms with Crippen molar-refractivity contribution in [2.24, 2.45) is 0 Å². The minimum absolute atomic E-state index is 0.0877. The fraction of sp³-hybridized carbons (Fsp3) is 0.588. The average molecular weight is 290 g/mol. The van der Waals surface area contributed by atoms with E-state index in [-0.39, 0.29) is 11.9 Å². The van der Waals surface area contributed by atoms with Crippen molar-refractivity contribution in [1.29, 1.82) is 0 Å². The lowest BCUT2D eigenvalue weighted by Crippen LogP contribution is -2.45. The van der Waals surface area contributed by atoms with Crippen molar-refractivity contribution in [2.45, 2.75) is 26.4 Å². The second-order valence-corrected chi connectivity index (χ2v) is 5.94. The van der Waals surface area contributed by atoms with E-state index in [2.05, 4.69) is 23.8 Å². The fourth-order valence-electron chi connectivity index (χ4n) is 2.50. The Morgan fingerprint density at radius 3 is 2.38 bits per heavy atom. The standard InChI is InChI=1S/C17H26N2O2/c1-14(8-9-19-12-10-18(3)11-13-19)21-17-6-4-16(5-7-17)15(2)20/h4-7,14H,8-13H2,1-3H3. The van der Waals surface area contributed by atoms with Crippen LogP contribution in [0, 0.1) is 0 Å². The molecule has 4 nitrogen and oxygen atoms in total. The molecule has 0 spiro atoms. The SMILES string of the molecule is CC(=O)c1ccc(OC(C)CCN2CCN(C)CC2)cc1. The monoisotopic (exact) mass is 290 g/mol. The van der Waals surface area contributed by atoms with Gasteiger partial charge in [-0.25, -0.2) is 0 Å². The normalized spacial score (nSPS) is 18.4. The number of benzene rings is 1. The maximum absolute atomic E-state index is 11.2. The van der Waals surface area contributed by atoms with Crippen LogP contribution in [0.2, 0.25) is 0 Å². The van der Waals surface area contributed by atoms with Gasteiger partial charge in [-0.1, -0.05) is 0 Å². The lowest BCUT2D eigenvalue weighted by Gasteiger charge is -2.32. The first-order chi connectivity index (χ1) is 10.0. The van der Waals surface area contributed by atoms with E-state index in [1.165, 1.54) is 0 Å². The number of piperazine rings is 1. The molecule has 1 aromatic carbocycles. The maximum Gasteiger partial charge on any atom is 0.159 e. The molecule has 1 aliphatic rings. The van der Waals surface area contributed by atoms with E-state index < -0.39 is 0 Å². The maximum atomic E-state index is 11.2. The first kappa shape index (κ1) is 16.0. The summed E-state index contributed by atoms with van der Waals surface area (Å²) in [5.41, 5.74) is 0.729. The van der Waals surface area contributed by atoms with Gasteiger partial charge < -0.3 is 14.5 Å². The quantitative estimate of drug-likeness (QED) is 0.753. The van der Waals surface area contributed by atoms with E-state index in [4.69, 9.17) is 4.74 Å². The van der Waals surface area contributed by atoms with Gasteiger partial charge in [0.1, 0.15) is 5.75 Å². The first-order valence-corrected chi connectivity index (χ1v) is 7.73. The molecule has 1 aromatic rings. The fourth-order valence-corrected chi connectivity index (χ4v) is 2.50. The summed E-state index contributed by atoms with van der Waals surface area (Å²) in [6, 6.07) is 7.40. The number of hydrogen-bond donors (Lipinski definition) is 0. The Labute approximate surface area is 127 Å². The lowest BCUT2D eigenvalue weighted by atomic mass is 10.1. The van der Waals surface area contributed by atoms with E-state index in [1.807, 2.05) is 24.3 Å². The van der Waals surface area contributed by atoms with Crippen LogP contribution in [-0.4, -0.2) is 61.5 Å². The van der Waals surface area contributed by atoms with Crippen molar-refractivity contribution in [1.82, 2.24) is 9.80 Å². The molecule has 0 radical (unpaired) electrons. The molecule has 1 fully saturated rings. The first-order valence-electron chi connectivity index (χ1n) is 7.73. The summed E-state index contributed by atoms with van der Waals surface area (Å²) in [6.07, 6.45) is 1.21. The topological polar surface area (TPSA) is 32.8 Å². The molecule has 1 atom stereocenters. The molecule has 1 unspecified atom stereocenters. The van der Waals surface area contributed by atoms with Gasteiger partial charge in [0, 0.05) is 38.3 Å². The molecule has 0 aliphatic carbocycles. The Morgan fingerprint density at radius 1 is 1.19 bits per heavy atom. The highest BCUT2D eigenvalue weighted by molar-refractivity contribution is 5.94. The molecular formula is C17H26N2O2. The van der Waals surface area contributed by atoms with Crippen LogP contribution in [0.5, 0.6) is 5.75 Å². The molecule has 2 rings (SSSR count). The number of ketones is 1. The summed E-state index contributed by atoms with van der Waals surface area (Å²) in [5.74, 6) is 0.926. The Morgan fingerprint density at radius 2 is 1.81 bits per heavy atom. The number of carbonyl (C=O) groups excluding carboxylic acids is 1. The second-order valence-electron chi connectivity index (χ2n) is 5.94. The number of likely N-dealkylation sites (N-methyl/N-ethyl adjacent to an activating group) is 1. The third-order valence-corrected chi connectivity index (χ3v) is 4.05. The minimum Gasteiger partial charge on any atom is -0.491 e. The van der Waals surface area contributed by atoms with Crippen LogP contribution in [0.4, 0.5) is 0 Å². The molecule has 1 heterocycles. The van der Waals surface area contributed by atoms with Crippen molar-refractivity contribution in [2.75, 3.05) is 39.8 Å². The van der Waals surface area contributed by atoms with Gasteiger partial charge in [0.15, 0.2) is 5.78 Å². The van der Waals surface area contributed by atoms with Crippen molar-refractivity contribution in [3.63, 3.8) is 0 Å². The second kappa shape index (κ2) is 7.57. The molecule has 0 saturated carbocycles. The van der Waals surface area contributed by atoms with E-state index in [0.29, 0.717) is 0 Å². The summed E-state index contributed by atoms with van der Waals surface area (Å²) < 4.78 is 5.91. The summed E-state index contributed by atoms with van der Waals surface area (Å²) in [5, 5.41) is 0. The summed E-state index contributed by atoms with van der Waals surface area (Å²) in [4.78, 5) is 16.1. The smallest absolute Gasteiger partial charge is 0.159 e. The molecule has 4 heteroatoms. The molecule has 1 aliphatic heterocycles. The number of carbonyl (C=O) groups is 1. The van der Waals surface area contributed by atoms with Gasteiger partial charge in [0.25, 0.3) is 0 Å². The van der Waals surface area contributed by atoms with Crippen LogP contribution in [0.25, 0.3) is 0 Å². The van der Waals surface area contributed by atoms with E-state index in [0.717, 1.165) is 50.5 Å². The van der Waals surface area contributed by atoms with Gasteiger partial charge in [0.2, 0.25) is 0 Å². The summed E-state index contributed by atoms with van der Waals surface area (Å²) in [6.45, 7) is 9.38. The number of Topliss-reactive ketones (excluding diaryl/α,β-unsaturated/α-hetero) is 1. The predicted octanol–water partition coefficient (Wildman–Crippen LogP) is 2.29. The molecule has 0 aromatic heterocycles. The third kappa shape index (κ3) is 5.14. The summed E-state index contributed by atoms with van der Waals surface area (Å²) >= 11 is 0. The van der Waals surface area contributed by atoms with Crippen LogP contribution in [0.3, 0.4) is 0 Å². The van der Waals surface area contributed by atoms with Crippen LogP contribution in [0.15, 0.2) is 24.3 Å². The zero-order chi connectivity index (χ0) is 15.2. The van der Waals surface area contributed by atoms with E-state index in [9.17, 15) is 4.79 Å². The predicted molar refractivity (Wildman–Crippen MR) is 85.1 cm³/mol. The Hall–Kier alpha value is -1.39. The van der Waals surface area contributed by atoms with Crippen LogP contribution >= 0.6 is 0 Å². The number of ether oxygens (including phenoxy) is 1. The van der Waals surface area contributed by atoms with Crippen molar-refractivity contribution in [3.05, 3.63) is 29.8 Å². The number of nitrogens with zero attached hydrogens (tertiary/aromatic N) is 2. The Bertz CT molecular complexity index is 450. The lowest BCUT2D eigenvalue weighted by molar-refractivity contribution is 0.101. The average Bonchev–Trinajstić information content (AvgIpc) is 2.47. The number of hydrogen-bond acceptors (Lipinski definition) is 4. The largest absolute Gasteiger partial charge is 0.491 e. The highest BCUT2D eigenvalue weighted by atomic mass is 16.5. The highest BCUT2D eigenvalue weighted by Crippen LogP contribution is 2.15. The molecule has 0 N–H and O–H groups in total. The number of rotatable bonds is 6. The van der Waals surface area contributed by atoms with Crippen LogP contribution < -0.4 is 4.74 Å². The van der Waals surface area contributed by atoms with Gasteiger partial charge in [-0.2, -0.15) is 0 Å². The molecule has 0 bridgehead atoms. The van der Waals surface area contributed by atoms with Crippen molar-refractivity contribution < 1.29 is 9.53 Å². The zero-order valence-electron chi connectivity index (χ0n) is 13.3. The molecular weight excluding hydrogens is 264 g/mol. The van der Waals surface area contributed by atoms with Gasteiger partial charge >= 0.3 is 0 Å². The molecule has 1 saturated heterocycles. The minimum atomic E-state index is 0.0877. The van der Waals surface area contributed by atoms with E-state index >= 15 is 0 Å². The molecule has 0 amide bonds. The Kier molecular flexibility index (Phi) is 5.76. The third-order valence-electron chi connectivity index (χ3n) is 4.05. The molecule has 21 heavy (non-hydrogen) atoms. The van der Waals surface area contributed by atoms with Crippen molar-refractivity contribution in [3.8, 4) is 5.75 Å². The zero-order valence-corrected chi connectivity index (χ0v) is 13.3. The van der Waals surface area contributed by atoms with Gasteiger partial charge in [-0.05, 0) is 51.6 Å². The van der Waals surface area contributed by atoms with Crippen LogP contribution in [-0.2, 0) is 0 Å². The highest BCUT2D eigenvalue weighted by Gasteiger charge is 2.14. The molecule has 116 valence electrons. The summed E-state index contributed by atoms with van der Waals surface area (Å²) in [7, 11) is 2.17. The van der Waals surface area contributed by atoms with Crippen LogP contribution in [0.1, 0.15) is 30.6 Å². The van der Waals surface area contributed by atoms with Gasteiger partial charge in [0.05, 0.1) is 6.10 Å². The van der Waals surface area contributed by atoms with Crippen molar-refractivity contribution >= 4 is 5.78 Å². The van der Waals surface area contributed by atoms with E-state index in [1.54, 1.807) is 6.92 Å². The Balaban J connectivity index is 1.73.